The molecule has 2 aliphatic rings. The van der Waals surface area contributed by atoms with Gasteiger partial charge in [0.15, 0.2) is 11.0 Å². The average molecular weight is 506 g/mol. The highest BCUT2D eigenvalue weighted by atomic mass is 35.5. The Morgan fingerprint density at radius 3 is 2.53 bits per heavy atom. The monoisotopic (exact) mass is 505 g/mol. The Bertz CT molecular complexity index is 1110. The summed E-state index contributed by atoms with van der Waals surface area (Å²) >= 11 is 12.3. The summed E-state index contributed by atoms with van der Waals surface area (Å²) in [5.74, 6) is -1.43. The van der Waals surface area contributed by atoms with E-state index in [4.69, 9.17) is 23.2 Å². The molecule has 1 amide bonds. The van der Waals surface area contributed by atoms with Crippen molar-refractivity contribution in [3.05, 3.63) is 57.6 Å². The van der Waals surface area contributed by atoms with Crippen LogP contribution in [0.5, 0.6) is 0 Å². The number of carbonyl (C=O) groups excluding carboxylic acids is 2. The summed E-state index contributed by atoms with van der Waals surface area (Å²) < 4.78 is 15.3. The number of halogens is 3. The van der Waals surface area contributed by atoms with Crippen LogP contribution in [0.25, 0.3) is 0 Å². The van der Waals surface area contributed by atoms with Crippen LogP contribution >= 0.6 is 23.2 Å². The maximum absolute atomic E-state index is 15.3. The van der Waals surface area contributed by atoms with Gasteiger partial charge in [-0.3, -0.25) is 9.59 Å². The van der Waals surface area contributed by atoms with Crippen molar-refractivity contribution in [3.63, 3.8) is 0 Å². The van der Waals surface area contributed by atoms with Gasteiger partial charge in [0.05, 0.1) is 6.04 Å². The predicted octanol–water partition coefficient (Wildman–Crippen LogP) is 6.08. The number of carbonyl (C=O) groups is 2. The number of nitrogens with zero attached hydrogens (tertiary/aromatic N) is 1. The molecule has 1 aliphatic carbocycles. The van der Waals surface area contributed by atoms with E-state index in [9.17, 15) is 9.59 Å². The number of ketones is 1. The largest absolute Gasteiger partial charge is 0.326 e. The van der Waals surface area contributed by atoms with Crippen LogP contribution in [0.2, 0.25) is 10.2 Å². The third kappa shape index (κ3) is 5.29. The molecule has 1 aromatic carbocycles. The lowest BCUT2D eigenvalue weighted by Crippen LogP contribution is -2.58. The van der Waals surface area contributed by atoms with Crippen LogP contribution in [0.15, 0.2) is 30.5 Å². The number of hydrogen-bond acceptors (Lipinski definition) is 4. The molecule has 2 N–H and O–H groups in total. The second-order valence-corrected chi connectivity index (χ2v) is 11.3. The summed E-state index contributed by atoms with van der Waals surface area (Å²) in [4.78, 5) is 30.1. The van der Waals surface area contributed by atoms with Crippen molar-refractivity contribution < 1.29 is 14.0 Å². The molecule has 8 heteroatoms. The van der Waals surface area contributed by atoms with Crippen molar-refractivity contribution in [1.29, 1.82) is 0 Å². The van der Waals surface area contributed by atoms with Gasteiger partial charge >= 0.3 is 0 Å². The molecule has 0 bridgehead atoms. The fraction of sp³-hybridized carbons (Fsp3) is 0.500. The molecule has 4 rings (SSSR count). The quantitative estimate of drug-likeness (QED) is 0.485. The summed E-state index contributed by atoms with van der Waals surface area (Å²) in [5.41, 5.74) is 1.26. The van der Waals surface area contributed by atoms with Crippen LogP contribution < -0.4 is 10.6 Å². The molecule has 34 heavy (non-hydrogen) atoms. The molecule has 0 unspecified atom stereocenters. The predicted molar refractivity (Wildman–Crippen MR) is 133 cm³/mol. The van der Waals surface area contributed by atoms with Crippen LogP contribution in [-0.2, 0) is 16.0 Å². The third-order valence-electron chi connectivity index (χ3n) is 7.42. The molecule has 0 saturated heterocycles. The van der Waals surface area contributed by atoms with Crippen LogP contribution in [-0.4, -0.2) is 28.3 Å². The molecular formula is C26H30Cl2FN3O2. The van der Waals surface area contributed by atoms with E-state index in [1.54, 1.807) is 18.2 Å². The average Bonchev–Trinajstić information content (AvgIpc) is 2.76. The lowest BCUT2D eigenvalue weighted by molar-refractivity contribution is -0.123. The van der Waals surface area contributed by atoms with Crippen molar-refractivity contribution in [2.75, 3.05) is 5.32 Å². The molecule has 2 aromatic rings. The fourth-order valence-corrected chi connectivity index (χ4v) is 5.64. The van der Waals surface area contributed by atoms with E-state index < -0.39 is 23.3 Å². The van der Waals surface area contributed by atoms with E-state index in [1.807, 2.05) is 6.07 Å². The molecule has 1 fully saturated rings. The highest BCUT2D eigenvalue weighted by Gasteiger charge is 2.44. The SMILES string of the molecule is CC(=O)[C@@H]1NC2(CCC(C)(C)CC2)CC(=O)Nc2cc(Cl)ccc2C[C@H]1c1ccnc(Cl)c1F. The lowest BCUT2D eigenvalue weighted by atomic mass is 9.67. The maximum atomic E-state index is 15.3. The van der Waals surface area contributed by atoms with Crippen molar-refractivity contribution in [3.8, 4) is 0 Å². The zero-order valence-electron chi connectivity index (χ0n) is 19.7. The molecule has 1 spiro atoms. The van der Waals surface area contributed by atoms with E-state index in [0.717, 1.165) is 31.2 Å². The van der Waals surface area contributed by atoms with Crippen molar-refractivity contribution >= 4 is 40.6 Å². The number of anilines is 1. The molecule has 5 nitrogen and oxygen atoms in total. The van der Waals surface area contributed by atoms with Crippen LogP contribution in [0.1, 0.15) is 69.9 Å². The number of benzene rings is 1. The first-order chi connectivity index (χ1) is 16.0. The molecule has 0 radical (unpaired) electrons. The van der Waals surface area contributed by atoms with Gasteiger partial charge in [-0.05, 0) is 73.8 Å². The zero-order chi connectivity index (χ0) is 24.7. The van der Waals surface area contributed by atoms with Gasteiger partial charge in [0.2, 0.25) is 5.91 Å². The smallest absolute Gasteiger partial charge is 0.226 e. The maximum Gasteiger partial charge on any atom is 0.226 e. The zero-order valence-corrected chi connectivity index (χ0v) is 21.2. The molecular weight excluding hydrogens is 476 g/mol. The van der Waals surface area contributed by atoms with Crippen molar-refractivity contribution in [2.45, 2.75) is 76.8 Å². The first-order valence-corrected chi connectivity index (χ1v) is 12.4. The minimum atomic E-state index is -0.705. The molecule has 1 saturated carbocycles. The second kappa shape index (κ2) is 9.56. The summed E-state index contributed by atoms with van der Waals surface area (Å²) in [6.45, 7) is 5.95. The van der Waals surface area contributed by atoms with E-state index >= 15 is 4.39 Å². The minimum Gasteiger partial charge on any atom is -0.326 e. The first-order valence-electron chi connectivity index (χ1n) is 11.6. The van der Waals surface area contributed by atoms with E-state index in [2.05, 4.69) is 29.5 Å². The number of pyridine rings is 1. The summed E-state index contributed by atoms with van der Waals surface area (Å²) in [5, 5.41) is 6.86. The third-order valence-corrected chi connectivity index (χ3v) is 7.92. The van der Waals surface area contributed by atoms with Gasteiger partial charge in [-0.1, -0.05) is 43.1 Å². The van der Waals surface area contributed by atoms with Crippen LogP contribution in [0.3, 0.4) is 0 Å². The number of fused-ring (bicyclic) bond motifs is 1. The first kappa shape index (κ1) is 25.1. The summed E-state index contributed by atoms with van der Waals surface area (Å²) in [7, 11) is 0. The molecule has 182 valence electrons. The van der Waals surface area contributed by atoms with E-state index in [-0.39, 0.29) is 28.7 Å². The van der Waals surface area contributed by atoms with Gasteiger partial charge in [-0.15, -0.1) is 0 Å². The van der Waals surface area contributed by atoms with Gasteiger partial charge in [0.25, 0.3) is 0 Å². The molecule has 2 atom stereocenters. The summed E-state index contributed by atoms with van der Waals surface area (Å²) in [6, 6.07) is 6.12. The molecule has 2 heterocycles. The highest BCUT2D eigenvalue weighted by molar-refractivity contribution is 6.31. The Hall–Kier alpha value is -2.02. The Morgan fingerprint density at radius 2 is 1.85 bits per heavy atom. The Balaban J connectivity index is 1.86. The van der Waals surface area contributed by atoms with Crippen molar-refractivity contribution in [1.82, 2.24) is 10.3 Å². The lowest BCUT2D eigenvalue weighted by Gasteiger charge is -2.47. The van der Waals surface area contributed by atoms with Gasteiger partial charge in [0, 0.05) is 34.8 Å². The summed E-state index contributed by atoms with van der Waals surface area (Å²) in [6.07, 6.45) is 5.30. The normalized spacial score (nSPS) is 24.2. The Kier molecular flexibility index (Phi) is 7.05. The van der Waals surface area contributed by atoms with Gasteiger partial charge in [-0.2, -0.15) is 0 Å². The van der Waals surface area contributed by atoms with Gasteiger partial charge in [-0.25, -0.2) is 9.37 Å². The van der Waals surface area contributed by atoms with E-state index in [1.165, 1.54) is 13.1 Å². The van der Waals surface area contributed by atoms with Crippen LogP contribution in [0.4, 0.5) is 10.1 Å². The second-order valence-electron chi connectivity index (χ2n) is 10.5. The highest BCUT2D eigenvalue weighted by Crippen LogP contribution is 2.44. The number of amides is 1. The van der Waals surface area contributed by atoms with E-state index in [0.29, 0.717) is 22.7 Å². The molecule has 1 aromatic heterocycles. The Morgan fingerprint density at radius 1 is 1.15 bits per heavy atom. The topological polar surface area (TPSA) is 71.1 Å². The van der Waals surface area contributed by atoms with Crippen molar-refractivity contribution in [2.24, 2.45) is 5.41 Å². The number of rotatable bonds is 2. The Labute approximate surface area is 209 Å². The fourth-order valence-electron chi connectivity index (χ4n) is 5.30. The molecule has 1 aliphatic heterocycles. The standard InChI is InChI=1S/C26H30Cl2FN3O2/c1-15(33)23-19(18-6-11-30-24(28)22(18)29)12-16-4-5-17(27)13-20(16)31-21(34)14-26(32-23)9-7-25(2,3)8-10-26/h4-6,11,13,19,23,32H,7-10,12,14H2,1-3H3,(H,31,34)/t19-,23-/m0/s1. The minimum absolute atomic E-state index is 0.113. The van der Waals surface area contributed by atoms with Gasteiger partial charge < -0.3 is 10.6 Å². The van der Waals surface area contributed by atoms with Gasteiger partial charge in [0.1, 0.15) is 5.78 Å². The number of nitrogens with one attached hydrogen (secondary N) is 2. The van der Waals surface area contributed by atoms with Crippen LogP contribution in [0, 0.1) is 11.2 Å². The number of Topliss-reactive ketones (excluding diaryl/α,β-unsaturated/α-hetero) is 1. The number of aromatic nitrogens is 1. The number of hydrogen-bond donors (Lipinski definition) is 2.